The quantitative estimate of drug-likeness (QED) is 0.314. The Morgan fingerprint density at radius 2 is 2.00 bits per heavy atom. The van der Waals surface area contributed by atoms with Crippen LogP contribution in [0, 0.1) is 17.0 Å². The minimum absolute atomic E-state index is 0.0770. The third kappa shape index (κ3) is 5.67. The first-order valence-corrected chi connectivity index (χ1v) is 11.6. The molecule has 0 atom stereocenters. The van der Waals surface area contributed by atoms with E-state index in [-0.39, 0.29) is 28.8 Å². The van der Waals surface area contributed by atoms with E-state index < -0.39 is 16.7 Å². The van der Waals surface area contributed by atoms with Gasteiger partial charge in [0.1, 0.15) is 11.5 Å². The van der Waals surface area contributed by atoms with Crippen LogP contribution >= 0.6 is 23.2 Å². The molecule has 0 radical (unpaired) electrons. The predicted molar refractivity (Wildman–Crippen MR) is 134 cm³/mol. The minimum atomic E-state index is -0.543. The minimum Gasteiger partial charge on any atom is -0.482 e. The van der Waals surface area contributed by atoms with Gasteiger partial charge in [0, 0.05) is 40.4 Å². The zero-order valence-corrected chi connectivity index (χ0v) is 20.5. The lowest BCUT2D eigenvalue weighted by atomic mass is 9.93. The molecule has 2 N–H and O–H groups in total. The smallest absolute Gasteiger partial charge is 0.291 e. The van der Waals surface area contributed by atoms with Gasteiger partial charge >= 0.3 is 0 Å². The molecular weight excluding hydrogens is 511 g/mol. The molecular formula is C24H20Cl2N4O6. The standard InChI is InChI=1S/C24H20Cl2N4O6/c1-13-22-18(28-29-21(31)12-35-19-9-8-14(25)10-17(19)26)6-3-7-20(22)36-23(13)24(32)27-15-4-2-5-16(11-15)30(33)34/h2,4-5,8-11H,3,6-7,12H2,1H3,(H,27,32)(H,29,31)/b28-18+. The number of rotatable bonds is 7. The number of non-ortho nitro benzene ring substituents is 1. The van der Waals surface area contributed by atoms with Crippen LogP contribution in [0.5, 0.6) is 5.75 Å². The van der Waals surface area contributed by atoms with Crippen molar-refractivity contribution in [1.29, 1.82) is 0 Å². The lowest BCUT2D eigenvalue weighted by molar-refractivity contribution is -0.384. The molecule has 12 heteroatoms. The van der Waals surface area contributed by atoms with E-state index in [0.717, 1.165) is 6.42 Å². The number of amides is 2. The number of anilines is 1. The normalized spacial score (nSPS) is 13.7. The third-order valence-corrected chi connectivity index (χ3v) is 5.95. The maximum absolute atomic E-state index is 12.9. The number of nitro benzene ring substituents is 1. The molecule has 4 rings (SSSR count). The van der Waals surface area contributed by atoms with Crippen LogP contribution in [0.2, 0.25) is 10.0 Å². The average molecular weight is 531 g/mol. The second kappa shape index (κ2) is 10.8. The zero-order valence-electron chi connectivity index (χ0n) is 19.0. The van der Waals surface area contributed by atoms with E-state index in [1.807, 2.05) is 0 Å². The topological polar surface area (TPSA) is 136 Å². The Bertz CT molecular complexity index is 1380. The van der Waals surface area contributed by atoms with Gasteiger partial charge in [-0.2, -0.15) is 5.10 Å². The number of hydrogen-bond donors (Lipinski definition) is 2. The molecule has 0 spiro atoms. The first-order chi connectivity index (χ1) is 17.2. The number of halogens is 2. The van der Waals surface area contributed by atoms with E-state index in [4.69, 9.17) is 32.4 Å². The van der Waals surface area contributed by atoms with Gasteiger partial charge in [-0.05, 0) is 44.0 Å². The number of carbonyl (C=O) groups excluding carboxylic acids is 2. The molecule has 2 amide bonds. The molecule has 1 aliphatic rings. The van der Waals surface area contributed by atoms with Crippen LogP contribution in [-0.2, 0) is 11.2 Å². The number of nitrogens with zero attached hydrogens (tertiary/aromatic N) is 2. The highest BCUT2D eigenvalue weighted by atomic mass is 35.5. The van der Waals surface area contributed by atoms with E-state index >= 15 is 0 Å². The lowest BCUT2D eigenvalue weighted by Crippen LogP contribution is -2.27. The third-order valence-electron chi connectivity index (χ3n) is 5.42. The largest absolute Gasteiger partial charge is 0.482 e. The maximum Gasteiger partial charge on any atom is 0.291 e. The summed E-state index contributed by atoms with van der Waals surface area (Å²) in [6.45, 7) is 1.41. The fraction of sp³-hybridized carbons (Fsp3) is 0.208. The van der Waals surface area contributed by atoms with Gasteiger partial charge in [0.25, 0.3) is 17.5 Å². The van der Waals surface area contributed by atoms with Crippen LogP contribution in [0.4, 0.5) is 11.4 Å². The highest BCUT2D eigenvalue weighted by Crippen LogP contribution is 2.31. The summed E-state index contributed by atoms with van der Waals surface area (Å²) in [6, 6.07) is 10.3. The molecule has 1 aromatic heterocycles. The van der Waals surface area contributed by atoms with Gasteiger partial charge in [0.05, 0.1) is 15.7 Å². The van der Waals surface area contributed by atoms with Crippen molar-refractivity contribution in [3.63, 3.8) is 0 Å². The van der Waals surface area contributed by atoms with Crippen LogP contribution in [0.1, 0.15) is 40.3 Å². The van der Waals surface area contributed by atoms with Crippen molar-refractivity contribution in [3.05, 3.63) is 85.3 Å². The highest BCUT2D eigenvalue weighted by Gasteiger charge is 2.28. The molecule has 2 aromatic carbocycles. The van der Waals surface area contributed by atoms with Gasteiger partial charge < -0.3 is 14.5 Å². The second-order valence-corrected chi connectivity index (χ2v) is 8.77. The van der Waals surface area contributed by atoms with Crippen LogP contribution in [0.3, 0.4) is 0 Å². The van der Waals surface area contributed by atoms with E-state index in [1.54, 1.807) is 25.1 Å². The first-order valence-electron chi connectivity index (χ1n) is 10.8. The number of aryl methyl sites for hydroxylation is 1. The molecule has 0 fully saturated rings. The Morgan fingerprint density at radius 1 is 1.19 bits per heavy atom. The van der Waals surface area contributed by atoms with Gasteiger partial charge in [-0.15, -0.1) is 0 Å². The monoisotopic (exact) mass is 530 g/mol. The first kappa shape index (κ1) is 25.2. The van der Waals surface area contributed by atoms with Gasteiger partial charge in [0.2, 0.25) is 0 Å². The Hall–Kier alpha value is -3.89. The Balaban J connectivity index is 1.46. The summed E-state index contributed by atoms with van der Waals surface area (Å²) >= 11 is 11.9. The summed E-state index contributed by atoms with van der Waals surface area (Å²) in [5, 5.41) is 18.6. The van der Waals surface area contributed by atoms with Gasteiger partial charge in [0.15, 0.2) is 12.4 Å². The van der Waals surface area contributed by atoms with Crippen molar-refractivity contribution >= 4 is 52.1 Å². The molecule has 0 aliphatic heterocycles. The fourth-order valence-corrected chi connectivity index (χ4v) is 4.24. The van der Waals surface area contributed by atoms with Crippen LogP contribution < -0.4 is 15.5 Å². The van der Waals surface area contributed by atoms with Crippen LogP contribution in [0.15, 0.2) is 52.0 Å². The second-order valence-electron chi connectivity index (χ2n) is 7.93. The molecule has 0 unspecified atom stereocenters. The summed E-state index contributed by atoms with van der Waals surface area (Å²) in [7, 11) is 0. The molecule has 0 saturated heterocycles. The van der Waals surface area contributed by atoms with Crippen LogP contribution in [0.25, 0.3) is 0 Å². The predicted octanol–water partition coefficient (Wildman–Crippen LogP) is 5.29. The molecule has 1 aliphatic carbocycles. The molecule has 10 nitrogen and oxygen atoms in total. The highest BCUT2D eigenvalue weighted by molar-refractivity contribution is 6.35. The van der Waals surface area contributed by atoms with E-state index in [1.165, 1.54) is 24.3 Å². The number of fused-ring (bicyclic) bond motifs is 1. The number of ether oxygens (including phenoxy) is 1. The number of nitro groups is 1. The van der Waals surface area contributed by atoms with Crippen molar-refractivity contribution in [2.24, 2.45) is 5.10 Å². The molecule has 36 heavy (non-hydrogen) atoms. The summed E-state index contributed by atoms with van der Waals surface area (Å²) in [4.78, 5) is 35.6. The number of carbonyl (C=O) groups is 2. The number of hydrogen-bond acceptors (Lipinski definition) is 7. The van der Waals surface area contributed by atoms with E-state index in [9.17, 15) is 19.7 Å². The van der Waals surface area contributed by atoms with Gasteiger partial charge in [-0.1, -0.05) is 29.3 Å². The zero-order chi connectivity index (χ0) is 25.8. The average Bonchev–Trinajstić information content (AvgIpc) is 3.19. The molecule has 0 saturated carbocycles. The number of benzene rings is 2. The Morgan fingerprint density at radius 3 is 2.75 bits per heavy atom. The summed E-state index contributed by atoms with van der Waals surface area (Å²) in [6.07, 6.45) is 1.90. The lowest BCUT2D eigenvalue weighted by Gasteiger charge is -2.13. The SMILES string of the molecule is Cc1c(C(=O)Nc2cccc([N+](=O)[O-])c2)oc2c1/C(=N/NC(=O)COc1ccc(Cl)cc1Cl)CCC2. The maximum atomic E-state index is 12.9. The van der Waals surface area contributed by atoms with Gasteiger partial charge in [-0.25, -0.2) is 5.43 Å². The van der Waals surface area contributed by atoms with Crippen LogP contribution in [-0.4, -0.2) is 29.1 Å². The summed E-state index contributed by atoms with van der Waals surface area (Å²) in [5.74, 6) is -0.0633. The summed E-state index contributed by atoms with van der Waals surface area (Å²) < 4.78 is 11.2. The van der Waals surface area contributed by atoms with Crippen molar-refractivity contribution in [1.82, 2.24) is 5.43 Å². The van der Waals surface area contributed by atoms with Crippen molar-refractivity contribution in [2.75, 3.05) is 11.9 Å². The van der Waals surface area contributed by atoms with E-state index in [2.05, 4.69) is 15.8 Å². The van der Waals surface area contributed by atoms with Gasteiger partial charge in [-0.3, -0.25) is 19.7 Å². The molecule has 0 bridgehead atoms. The number of furan rings is 1. The Kier molecular flexibility index (Phi) is 7.56. The fourth-order valence-electron chi connectivity index (χ4n) is 3.78. The molecule has 1 heterocycles. The van der Waals surface area contributed by atoms with Crippen molar-refractivity contribution in [3.8, 4) is 5.75 Å². The van der Waals surface area contributed by atoms with E-state index in [0.29, 0.717) is 46.2 Å². The molecule has 186 valence electrons. The van der Waals surface area contributed by atoms with Crippen molar-refractivity contribution in [2.45, 2.75) is 26.2 Å². The summed E-state index contributed by atoms with van der Waals surface area (Å²) in [5.41, 5.74) is 4.38. The molecule has 3 aromatic rings. The van der Waals surface area contributed by atoms with Crippen molar-refractivity contribution < 1.29 is 23.7 Å². The number of nitrogens with one attached hydrogen (secondary N) is 2. The Labute approximate surface area is 215 Å². The number of hydrazone groups is 1.